The summed E-state index contributed by atoms with van der Waals surface area (Å²) in [4.78, 5) is 37.2. The van der Waals surface area contributed by atoms with Crippen LogP contribution in [0.2, 0.25) is 0 Å². The van der Waals surface area contributed by atoms with Gasteiger partial charge in [-0.15, -0.1) is 6.58 Å². The Kier molecular flexibility index (Phi) is 5.73. The Labute approximate surface area is 140 Å². The monoisotopic (exact) mass is 331 g/mol. The Hall–Kier alpha value is -2.63. The molecule has 0 radical (unpaired) electrons. The first-order chi connectivity index (χ1) is 11.5. The molecule has 0 bridgehead atoms. The summed E-state index contributed by atoms with van der Waals surface area (Å²) in [5.41, 5.74) is 0.780. The van der Waals surface area contributed by atoms with Crippen LogP contribution >= 0.6 is 0 Å². The summed E-state index contributed by atoms with van der Waals surface area (Å²) in [6.45, 7) is 5.49. The van der Waals surface area contributed by atoms with Crippen molar-refractivity contribution in [3.05, 3.63) is 48.6 Å². The molecule has 1 saturated heterocycles. The topological polar surface area (TPSA) is 83.9 Å². The van der Waals surface area contributed by atoms with E-state index in [1.54, 1.807) is 13.0 Å². The van der Waals surface area contributed by atoms with Crippen LogP contribution < -0.4 is 0 Å². The van der Waals surface area contributed by atoms with E-state index in [0.29, 0.717) is 6.42 Å². The molecular formula is C18H21NO5. The maximum absolute atomic E-state index is 12.9. The molecule has 1 aliphatic heterocycles. The van der Waals surface area contributed by atoms with Crippen LogP contribution in [0.3, 0.4) is 0 Å². The molecule has 3 atom stereocenters. The molecule has 1 aromatic carbocycles. The summed E-state index contributed by atoms with van der Waals surface area (Å²) < 4.78 is 5.05. The predicted octanol–water partition coefficient (Wildman–Crippen LogP) is 3.01. The van der Waals surface area contributed by atoms with Crippen molar-refractivity contribution >= 4 is 18.0 Å². The van der Waals surface area contributed by atoms with Crippen molar-refractivity contribution in [2.24, 2.45) is 11.8 Å². The van der Waals surface area contributed by atoms with Gasteiger partial charge in [0.05, 0.1) is 12.3 Å². The number of aliphatic carboxylic acids is 1. The first-order valence-corrected chi connectivity index (χ1v) is 7.83. The molecule has 6 nitrogen and oxygen atoms in total. The second-order valence-electron chi connectivity index (χ2n) is 5.92. The summed E-state index contributed by atoms with van der Waals surface area (Å²) in [5.74, 6) is -2.63. The van der Waals surface area contributed by atoms with Gasteiger partial charge in [-0.1, -0.05) is 43.3 Å². The lowest BCUT2D eigenvalue weighted by Crippen LogP contribution is -2.41. The molecule has 6 heteroatoms. The molecule has 2 amide bonds. The maximum Gasteiger partial charge on any atom is 0.417 e. The highest BCUT2D eigenvalue weighted by atomic mass is 16.6. The van der Waals surface area contributed by atoms with Crippen molar-refractivity contribution in [2.75, 3.05) is 6.61 Å². The first-order valence-electron chi connectivity index (χ1n) is 7.83. The number of benzene rings is 1. The molecule has 1 aliphatic rings. The largest absolute Gasteiger partial charge is 0.481 e. The summed E-state index contributed by atoms with van der Waals surface area (Å²) in [5, 5.41) is 9.13. The number of cyclic esters (lactones) is 1. The van der Waals surface area contributed by atoms with E-state index < -0.39 is 29.9 Å². The van der Waals surface area contributed by atoms with Crippen molar-refractivity contribution < 1.29 is 24.2 Å². The third kappa shape index (κ3) is 3.82. The fraction of sp³-hybridized carbons (Fsp3) is 0.389. The molecule has 24 heavy (non-hydrogen) atoms. The highest BCUT2D eigenvalue weighted by molar-refractivity contribution is 5.96. The fourth-order valence-corrected chi connectivity index (χ4v) is 2.91. The third-order valence-corrected chi connectivity index (χ3v) is 4.23. The van der Waals surface area contributed by atoms with Crippen LogP contribution in [0.25, 0.3) is 0 Å². The molecule has 128 valence electrons. The van der Waals surface area contributed by atoms with E-state index in [1.807, 2.05) is 30.3 Å². The first kappa shape index (κ1) is 17.7. The minimum Gasteiger partial charge on any atom is -0.481 e. The summed E-state index contributed by atoms with van der Waals surface area (Å²) in [7, 11) is 0. The van der Waals surface area contributed by atoms with Gasteiger partial charge in [-0.3, -0.25) is 9.59 Å². The Morgan fingerprint density at radius 3 is 2.67 bits per heavy atom. The number of rotatable bonds is 7. The Morgan fingerprint density at radius 1 is 1.42 bits per heavy atom. The van der Waals surface area contributed by atoms with E-state index in [2.05, 4.69) is 6.58 Å². The smallest absolute Gasteiger partial charge is 0.417 e. The van der Waals surface area contributed by atoms with Gasteiger partial charge in [0.2, 0.25) is 5.91 Å². The van der Waals surface area contributed by atoms with Gasteiger partial charge in [-0.25, -0.2) is 9.69 Å². The highest BCUT2D eigenvalue weighted by Crippen LogP contribution is 2.32. The lowest BCUT2D eigenvalue weighted by Gasteiger charge is -2.27. The Balaban J connectivity index is 2.29. The molecule has 1 aromatic rings. The van der Waals surface area contributed by atoms with Crippen LogP contribution in [0.15, 0.2) is 43.0 Å². The van der Waals surface area contributed by atoms with Crippen LogP contribution in [-0.4, -0.2) is 34.6 Å². The van der Waals surface area contributed by atoms with Gasteiger partial charge in [0.15, 0.2) is 0 Å². The molecule has 1 N–H and O–H groups in total. The van der Waals surface area contributed by atoms with Crippen molar-refractivity contribution in [1.29, 1.82) is 0 Å². The molecule has 1 fully saturated rings. The number of nitrogens with zero attached hydrogens (tertiary/aromatic N) is 1. The summed E-state index contributed by atoms with van der Waals surface area (Å²) >= 11 is 0. The number of carbonyl (C=O) groups excluding carboxylic acids is 2. The van der Waals surface area contributed by atoms with E-state index in [4.69, 9.17) is 9.84 Å². The highest BCUT2D eigenvalue weighted by Gasteiger charge is 2.43. The van der Waals surface area contributed by atoms with Gasteiger partial charge in [0, 0.05) is 0 Å². The van der Waals surface area contributed by atoms with Gasteiger partial charge in [-0.2, -0.15) is 0 Å². The van der Waals surface area contributed by atoms with Gasteiger partial charge < -0.3 is 9.84 Å². The standard InChI is InChI=1S/C18H21NO5/c1-3-7-12(2)14(10-16(20)21)17(22)19-15(11-24-18(19)23)13-8-5-4-6-9-13/h3-6,8-9,12,14-15H,1,7,10-11H2,2H3,(H,20,21)/t12-,14+,15-/m0/s1. The molecule has 0 spiro atoms. The predicted molar refractivity (Wildman–Crippen MR) is 87.1 cm³/mol. The molecule has 0 aliphatic carbocycles. The second kappa shape index (κ2) is 7.77. The minimum atomic E-state index is -1.08. The van der Waals surface area contributed by atoms with Gasteiger partial charge >= 0.3 is 12.1 Å². The maximum atomic E-state index is 12.9. The second-order valence-corrected chi connectivity index (χ2v) is 5.92. The molecule has 0 unspecified atom stereocenters. The average Bonchev–Trinajstić information content (AvgIpc) is 2.94. The van der Waals surface area contributed by atoms with Crippen LogP contribution in [-0.2, 0) is 14.3 Å². The molecule has 1 heterocycles. The number of ether oxygens (including phenoxy) is 1. The normalized spacial score (nSPS) is 19.5. The van der Waals surface area contributed by atoms with E-state index >= 15 is 0 Å². The number of carboxylic acids is 1. The zero-order chi connectivity index (χ0) is 17.7. The number of hydrogen-bond acceptors (Lipinski definition) is 4. The zero-order valence-electron chi connectivity index (χ0n) is 13.6. The summed E-state index contributed by atoms with van der Waals surface area (Å²) in [6.07, 6.45) is 1.07. The lowest BCUT2D eigenvalue weighted by atomic mass is 9.86. The quantitative estimate of drug-likeness (QED) is 0.777. The number of hydrogen-bond donors (Lipinski definition) is 1. The number of carboxylic acid groups (broad SMARTS) is 1. The van der Waals surface area contributed by atoms with Crippen molar-refractivity contribution in [3.63, 3.8) is 0 Å². The van der Waals surface area contributed by atoms with Gasteiger partial charge in [0.1, 0.15) is 12.6 Å². The number of imide groups is 1. The Morgan fingerprint density at radius 2 is 2.08 bits per heavy atom. The van der Waals surface area contributed by atoms with Crippen molar-refractivity contribution in [3.8, 4) is 0 Å². The van der Waals surface area contributed by atoms with Crippen molar-refractivity contribution in [2.45, 2.75) is 25.8 Å². The van der Waals surface area contributed by atoms with Crippen molar-refractivity contribution in [1.82, 2.24) is 4.90 Å². The van der Waals surface area contributed by atoms with Gasteiger partial charge in [-0.05, 0) is 17.9 Å². The van der Waals surface area contributed by atoms with Crippen LogP contribution in [0.4, 0.5) is 4.79 Å². The minimum absolute atomic E-state index is 0.0736. The number of amides is 2. The molecule has 2 rings (SSSR count). The molecule has 0 aromatic heterocycles. The van der Waals surface area contributed by atoms with Crippen LogP contribution in [0.5, 0.6) is 0 Å². The van der Waals surface area contributed by atoms with E-state index in [1.165, 1.54) is 0 Å². The zero-order valence-corrected chi connectivity index (χ0v) is 13.6. The summed E-state index contributed by atoms with van der Waals surface area (Å²) in [6, 6.07) is 8.56. The van der Waals surface area contributed by atoms with Crippen LogP contribution in [0, 0.1) is 11.8 Å². The number of allylic oxidation sites excluding steroid dienone is 1. The van der Waals surface area contributed by atoms with E-state index in [-0.39, 0.29) is 18.9 Å². The average molecular weight is 331 g/mol. The fourth-order valence-electron chi connectivity index (χ4n) is 2.91. The van der Waals surface area contributed by atoms with Crippen LogP contribution in [0.1, 0.15) is 31.4 Å². The molecular weight excluding hydrogens is 310 g/mol. The SMILES string of the molecule is C=CC[C@H](C)[C@@H](CC(=O)O)C(=O)N1C(=O)OC[C@H]1c1ccccc1. The van der Waals surface area contributed by atoms with E-state index in [0.717, 1.165) is 10.5 Å². The molecule has 0 saturated carbocycles. The third-order valence-electron chi connectivity index (χ3n) is 4.23. The van der Waals surface area contributed by atoms with E-state index in [9.17, 15) is 14.4 Å². The van der Waals surface area contributed by atoms with Gasteiger partial charge in [0.25, 0.3) is 0 Å². The lowest BCUT2D eigenvalue weighted by molar-refractivity contribution is -0.145. The number of carbonyl (C=O) groups is 3. The Bertz CT molecular complexity index is 628.